The number of hydrogen-bond donors (Lipinski definition) is 2. The summed E-state index contributed by atoms with van der Waals surface area (Å²) in [7, 11) is 0. The summed E-state index contributed by atoms with van der Waals surface area (Å²) in [6.07, 6.45) is 2.45. The van der Waals surface area contributed by atoms with Crippen LogP contribution in [0.15, 0.2) is 0 Å². The van der Waals surface area contributed by atoms with E-state index in [1.807, 2.05) is 4.90 Å². The van der Waals surface area contributed by atoms with Crippen LogP contribution in [0.3, 0.4) is 0 Å². The van der Waals surface area contributed by atoms with Gasteiger partial charge in [-0.1, -0.05) is 0 Å². The molecule has 3 rings (SSSR count). The lowest BCUT2D eigenvalue weighted by molar-refractivity contribution is -0.140. The van der Waals surface area contributed by atoms with Crippen LogP contribution < -0.4 is 10.6 Å². The second-order valence-corrected chi connectivity index (χ2v) is 5.87. The molecule has 2 N–H and O–H groups in total. The van der Waals surface area contributed by atoms with E-state index >= 15 is 0 Å². The molecule has 3 aliphatic heterocycles. The van der Waals surface area contributed by atoms with Crippen molar-refractivity contribution in [3.05, 3.63) is 0 Å². The van der Waals surface area contributed by atoms with E-state index < -0.39 is 0 Å². The van der Waals surface area contributed by atoms with Crippen LogP contribution in [0.5, 0.6) is 0 Å². The summed E-state index contributed by atoms with van der Waals surface area (Å²) in [6.45, 7) is 5.77. The fourth-order valence-electron chi connectivity index (χ4n) is 3.44. The molecule has 6 nitrogen and oxygen atoms in total. The van der Waals surface area contributed by atoms with Gasteiger partial charge in [-0.05, 0) is 26.3 Å². The lowest BCUT2D eigenvalue weighted by Gasteiger charge is -2.43. The number of hydrogen-bond acceptors (Lipinski definition) is 4. The molecule has 6 heteroatoms. The molecule has 3 aliphatic rings. The lowest BCUT2D eigenvalue weighted by atomic mass is 10.1. The standard InChI is InChI=1S/C13H22N4O2/c1-9-7-16-4-2-3-10(16)8-17(9)13(19)11-5-15-12(18)6-14-11/h9-11,14H,2-8H2,1H3,(H,15,18). The van der Waals surface area contributed by atoms with Crippen molar-refractivity contribution in [2.24, 2.45) is 0 Å². The molecule has 3 unspecified atom stereocenters. The van der Waals surface area contributed by atoms with Crippen molar-refractivity contribution in [1.29, 1.82) is 0 Å². The lowest BCUT2D eigenvalue weighted by Crippen LogP contribution is -2.64. The van der Waals surface area contributed by atoms with Crippen LogP contribution in [-0.2, 0) is 9.59 Å². The number of nitrogens with zero attached hydrogens (tertiary/aromatic N) is 2. The normalized spacial score (nSPS) is 35.9. The molecule has 2 amide bonds. The van der Waals surface area contributed by atoms with Crippen LogP contribution in [0.1, 0.15) is 19.8 Å². The Hall–Kier alpha value is -1.14. The number of carbonyl (C=O) groups excluding carboxylic acids is 2. The average molecular weight is 266 g/mol. The van der Waals surface area contributed by atoms with E-state index in [9.17, 15) is 9.59 Å². The van der Waals surface area contributed by atoms with E-state index in [1.54, 1.807) is 0 Å². The average Bonchev–Trinajstić information content (AvgIpc) is 2.85. The number of fused-ring (bicyclic) bond motifs is 1. The highest BCUT2D eigenvalue weighted by molar-refractivity contribution is 5.87. The Kier molecular flexibility index (Phi) is 3.45. The van der Waals surface area contributed by atoms with Gasteiger partial charge in [-0.3, -0.25) is 19.8 Å². The van der Waals surface area contributed by atoms with Gasteiger partial charge in [0.1, 0.15) is 6.04 Å². The Bertz CT molecular complexity index is 377. The van der Waals surface area contributed by atoms with Gasteiger partial charge >= 0.3 is 0 Å². The maximum atomic E-state index is 12.6. The SMILES string of the molecule is CC1CN2CCCC2CN1C(=O)C1CNC(=O)CN1. The van der Waals surface area contributed by atoms with E-state index in [0.717, 1.165) is 13.1 Å². The van der Waals surface area contributed by atoms with E-state index in [4.69, 9.17) is 0 Å². The topological polar surface area (TPSA) is 64.7 Å². The Labute approximate surface area is 113 Å². The quantitative estimate of drug-likeness (QED) is 0.624. The molecule has 0 aliphatic carbocycles. The molecule has 3 saturated heterocycles. The molecular formula is C13H22N4O2. The molecule has 3 heterocycles. The van der Waals surface area contributed by atoms with Gasteiger partial charge in [0, 0.05) is 31.7 Å². The van der Waals surface area contributed by atoms with Gasteiger partial charge in [-0.25, -0.2) is 0 Å². The summed E-state index contributed by atoms with van der Waals surface area (Å²) < 4.78 is 0. The largest absolute Gasteiger partial charge is 0.353 e. The zero-order chi connectivity index (χ0) is 13.4. The minimum atomic E-state index is -0.256. The first-order chi connectivity index (χ1) is 9.15. The fourth-order valence-corrected chi connectivity index (χ4v) is 3.44. The molecule has 0 spiro atoms. The molecule has 0 aromatic heterocycles. The van der Waals surface area contributed by atoms with Gasteiger partial charge < -0.3 is 10.2 Å². The van der Waals surface area contributed by atoms with Crippen molar-refractivity contribution in [1.82, 2.24) is 20.4 Å². The number of piperazine rings is 2. The third kappa shape index (κ3) is 2.47. The summed E-state index contributed by atoms with van der Waals surface area (Å²) in [4.78, 5) is 28.2. The molecule has 106 valence electrons. The predicted molar refractivity (Wildman–Crippen MR) is 70.6 cm³/mol. The monoisotopic (exact) mass is 266 g/mol. The van der Waals surface area contributed by atoms with Crippen LogP contribution in [0, 0.1) is 0 Å². The van der Waals surface area contributed by atoms with E-state index in [-0.39, 0.29) is 30.4 Å². The molecule has 3 atom stereocenters. The molecule has 3 fully saturated rings. The zero-order valence-electron chi connectivity index (χ0n) is 11.4. The second-order valence-electron chi connectivity index (χ2n) is 5.87. The number of nitrogens with one attached hydrogen (secondary N) is 2. The highest BCUT2D eigenvalue weighted by Gasteiger charge is 2.39. The van der Waals surface area contributed by atoms with Crippen LogP contribution in [0.25, 0.3) is 0 Å². The molecule has 0 saturated carbocycles. The van der Waals surface area contributed by atoms with Crippen LogP contribution in [0.4, 0.5) is 0 Å². The maximum Gasteiger partial charge on any atom is 0.241 e. The minimum Gasteiger partial charge on any atom is -0.353 e. The Balaban J connectivity index is 1.64. The summed E-state index contributed by atoms with van der Waals surface area (Å²) in [5, 5.41) is 5.78. The summed E-state index contributed by atoms with van der Waals surface area (Å²) in [6, 6.07) is 0.549. The number of rotatable bonds is 1. The van der Waals surface area contributed by atoms with Crippen molar-refractivity contribution in [3.8, 4) is 0 Å². The molecule has 0 aromatic carbocycles. The van der Waals surface area contributed by atoms with Gasteiger partial charge in [0.2, 0.25) is 11.8 Å². The fraction of sp³-hybridized carbons (Fsp3) is 0.846. The minimum absolute atomic E-state index is 0.0299. The molecule has 0 radical (unpaired) electrons. The maximum absolute atomic E-state index is 12.6. The number of carbonyl (C=O) groups is 2. The first-order valence-electron chi connectivity index (χ1n) is 7.20. The van der Waals surface area contributed by atoms with Crippen molar-refractivity contribution in [2.75, 3.05) is 32.7 Å². The Morgan fingerprint density at radius 3 is 2.95 bits per heavy atom. The second kappa shape index (κ2) is 5.09. The Morgan fingerprint density at radius 1 is 1.37 bits per heavy atom. The van der Waals surface area contributed by atoms with Crippen LogP contribution in [0.2, 0.25) is 0 Å². The van der Waals surface area contributed by atoms with E-state index in [2.05, 4.69) is 22.5 Å². The molecule has 0 bridgehead atoms. The van der Waals surface area contributed by atoms with E-state index in [0.29, 0.717) is 12.6 Å². The van der Waals surface area contributed by atoms with Crippen molar-refractivity contribution in [2.45, 2.75) is 37.9 Å². The number of amides is 2. The highest BCUT2D eigenvalue weighted by Crippen LogP contribution is 2.24. The first kappa shape index (κ1) is 12.9. The first-order valence-corrected chi connectivity index (χ1v) is 7.20. The zero-order valence-corrected chi connectivity index (χ0v) is 11.4. The van der Waals surface area contributed by atoms with Gasteiger partial charge in [-0.15, -0.1) is 0 Å². The van der Waals surface area contributed by atoms with Crippen molar-refractivity contribution in [3.63, 3.8) is 0 Å². The summed E-state index contributed by atoms with van der Waals surface area (Å²) in [5.41, 5.74) is 0. The van der Waals surface area contributed by atoms with Crippen LogP contribution in [-0.4, -0.2) is 72.5 Å². The van der Waals surface area contributed by atoms with E-state index in [1.165, 1.54) is 19.4 Å². The van der Waals surface area contributed by atoms with Crippen molar-refractivity contribution >= 4 is 11.8 Å². The van der Waals surface area contributed by atoms with Gasteiger partial charge in [0.15, 0.2) is 0 Å². The van der Waals surface area contributed by atoms with Gasteiger partial charge in [-0.2, -0.15) is 0 Å². The third-order valence-corrected chi connectivity index (χ3v) is 4.53. The third-order valence-electron chi connectivity index (χ3n) is 4.53. The molecule has 0 aromatic rings. The van der Waals surface area contributed by atoms with Crippen molar-refractivity contribution < 1.29 is 9.59 Å². The van der Waals surface area contributed by atoms with Gasteiger partial charge in [0.05, 0.1) is 6.54 Å². The Morgan fingerprint density at radius 2 is 2.21 bits per heavy atom. The summed E-state index contributed by atoms with van der Waals surface area (Å²) in [5.74, 6) is 0.108. The predicted octanol–water partition coefficient (Wildman–Crippen LogP) is -1.23. The van der Waals surface area contributed by atoms with Crippen LogP contribution >= 0.6 is 0 Å². The summed E-state index contributed by atoms with van der Waals surface area (Å²) >= 11 is 0. The molecule has 19 heavy (non-hydrogen) atoms. The highest BCUT2D eigenvalue weighted by atomic mass is 16.2. The molecular weight excluding hydrogens is 244 g/mol. The smallest absolute Gasteiger partial charge is 0.241 e. The van der Waals surface area contributed by atoms with Gasteiger partial charge in [0.25, 0.3) is 0 Å².